The zero-order valence-electron chi connectivity index (χ0n) is 17.5. The molecule has 1 aliphatic rings. The van der Waals surface area contributed by atoms with E-state index in [2.05, 4.69) is 4.72 Å². The van der Waals surface area contributed by atoms with Gasteiger partial charge < -0.3 is 14.7 Å². The van der Waals surface area contributed by atoms with Gasteiger partial charge in [0.25, 0.3) is 10.0 Å². The van der Waals surface area contributed by atoms with E-state index in [4.69, 9.17) is 4.74 Å². The minimum atomic E-state index is -4.08. The number of rotatable bonds is 6. The topological polar surface area (TPSA) is 120 Å². The fourth-order valence-corrected chi connectivity index (χ4v) is 5.08. The van der Waals surface area contributed by atoms with Crippen molar-refractivity contribution < 1.29 is 23.1 Å². The molecule has 0 saturated carbocycles. The lowest BCUT2D eigenvalue weighted by molar-refractivity contribution is 0.0600. The summed E-state index contributed by atoms with van der Waals surface area (Å²) in [7, 11) is -2.85. The average molecular weight is 444 g/mol. The van der Waals surface area contributed by atoms with Crippen LogP contribution in [0.2, 0.25) is 0 Å². The standard InChI is InChI=1S/C22H25N3O5S/c1-3-16-7-8-17(22(27)30-2)12-21(16)31(28,29)24-19-11-15(13-23)6-9-20(19)25-10-4-5-18(26)14-25/h6-9,11-12,18,24,26H,3-5,10,14H2,1-2H3/t18-/m0/s1. The Balaban J connectivity index is 2.05. The van der Waals surface area contributed by atoms with Crippen molar-refractivity contribution in [1.29, 1.82) is 5.26 Å². The number of benzene rings is 2. The van der Waals surface area contributed by atoms with Crippen molar-refractivity contribution in [3.8, 4) is 6.07 Å². The van der Waals surface area contributed by atoms with Crippen LogP contribution < -0.4 is 9.62 Å². The Morgan fingerprint density at radius 3 is 2.74 bits per heavy atom. The molecule has 2 aromatic carbocycles. The number of β-amino-alcohol motifs (C(OH)–C–C–N with tert-alkyl or cyclic N) is 1. The van der Waals surface area contributed by atoms with Crippen LogP contribution in [0.5, 0.6) is 0 Å². The molecule has 3 rings (SSSR count). The van der Waals surface area contributed by atoms with E-state index in [-0.39, 0.29) is 16.1 Å². The van der Waals surface area contributed by atoms with Gasteiger partial charge in [-0.2, -0.15) is 5.26 Å². The second kappa shape index (κ2) is 9.37. The van der Waals surface area contributed by atoms with E-state index in [1.54, 1.807) is 18.2 Å². The predicted octanol–water partition coefficient (Wildman–Crippen LogP) is 2.67. The maximum atomic E-state index is 13.3. The van der Waals surface area contributed by atoms with Gasteiger partial charge in [0.05, 0.1) is 46.7 Å². The van der Waals surface area contributed by atoms with Crippen LogP contribution >= 0.6 is 0 Å². The number of hydrogen-bond donors (Lipinski definition) is 2. The summed E-state index contributed by atoms with van der Waals surface area (Å²) < 4.78 is 34.0. The highest BCUT2D eigenvalue weighted by molar-refractivity contribution is 7.92. The smallest absolute Gasteiger partial charge is 0.337 e. The van der Waals surface area contributed by atoms with Crippen LogP contribution in [0.1, 0.15) is 41.3 Å². The number of aliphatic hydroxyl groups excluding tert-OH is 1. The fourth-order valence-electron chi connectivity index (χ4n) is 3.68. The molecule has 0 spiro atoms. The van der Waals surface area contributed by atoms with Gasteiger partial charge in [-0.1, -0.05) is 13.0 Å². The number of ether oxygens (including phenoxy) is 1. The first-order chi connectivity index (χ1) is 14.8. The number of carbonyl (C=O) groups excluding carboxylic acids is 1. The van der Waals surface area contributed by atoms with Gasteiger partial charge >= 0.3 is 5.97 Å². The van der Waals surface area contributed by atoms with Crippen LogP contribution in [0.15, 0.2) is 41.3 Å². The van der Waals surface area contributed by atoms with Gasteiger partial charge in [0.2, 0.25) is 0 Å². The van der Waals surface area contributed by atoms with E-state index in [0.29, 0.717) is 42.7 Å². The molecule has 2 N–H and O–H groups in total. The molecule has 164 valence electrons. The number of anilines is 2. The van der Waals surface area contributed by atoms with E-state index in [9.17, 15) is 23.6 Å². The molecule has 8 nitrogen and oxygen atoms in total. The Hall–Kier alpha value is -3.09. The molecule has 9 heteroatoms. The molecule has 0 bridgehead atoms. The number of aliphatic hydroxyl groups is 1. The summed E-state index contributed by atoms with van der Waals surface area (Å²) >= 11 is 0. The first-order valence-electron chi connectivity index (χ1n) is 10.00. The molecule has 1 atom stereocenters. The minimum absolute atomic E-state index is 0.0233. The Morgan fingerprint density at radius 1 is 1.32 bits per heavy atom. The summed E-state index contributed by atoms with van der Waals surface area (Å²) in [5, 5.41) is 19.3. The SMILES string of the molecule is CCc1ccc(C(=O)OC)cc1S(=O)(=O)Nc1cc(C#N)ccc1N1CCC[C@H](O)C1. The monoisotopic (exact) mass is 443 g/mol. The first kappa shape index (κ1) is 22.6. The van der Waals surface area contributed by atoms with E-state index < -0.39 is 22.1 Å². The normalized spacial score (nSPS) is 16.5. The molecule has 1 aliphatic heterocycles. The third kappa shape index (κ3) is 4.98. The van der Waals surface area contributed by atoms with Gasteiger partial charge in [0.15, 0.2) is 0 Å². The summed E-state index contributed by atoms with van der Waals surface area (Å²) in [5.74, 6) is -0.631. The molecular formula is C22H25N3O5S. The third-order valence-electron chi connectivity index (χ3n) is 5.27. The summed E-state index contributed by atoms with van der Waals surface area (Å²) in [5.41, 5.74) is 1.82. The van der Waals surface area contributed by atoms with Crippen LogP contribution in [-0.4, -0.2) is 45.8 Å². The van der Waals surface area contributed by atoms with Crippen LogP contribution in [0, 0.1) is 11.3 Å². The van der Waals surface area contributed by atoms with Gasteiger partial charge in [-0.25, -0.2) is 13.2 Å². The highest BCUT2D eigenvalue weighted by Crippen LogP contribution is 2.32. The van der Waals surface area contributed by atoms with Crippen molar-refractivity contribution in [3.05, 3.63) is 53.1 Å². The largest absolute Gasteiger partial charge is 0.465 e. The number of nitrogens with one attached hydrogen (secondary N) is 1. The van der Waals surface area contributed by atoms with Crippen molar-refractivity contribution in [2.45, 2.75) is 37.2 Å². The van der Waals surface area contributed by atoms with E-state index in [0.717, 1.165) is 6.42 Å². The van der Waals surface area contributed by atoms with Crippen molar-refractivity contribution in [2.24, 2.45) is 0 Å². The Morgan fingerprint density at radius 2 is 2.10 bits per heavy atom. The Bertz CT molecular complexity index is 1120. The van der Waals surface area contributed by atoms with Crippen molar-refractivity contribution in [1.82, 2.24) is 0 Å². The second-order valence-corrected chi connectivity index (χ2v) is 9.01. The maximum Gasteiger partial charge on any atom is 0.337 e. The van der Waals surface area contributed by atoms with Gasteiger partial charge in [0.1, 0.15) is 0 Å². The van der Waals surface area contributed by atoms with Gasteiger partial charge in [-0.3, -0.25) is 4.72 Å². The predicted molar refractivity (Wildman–Crippen MR) is 117 cm³/mol. The molecule has 0 amide bonds. The van der Waals surface area contributed by atoms with E-state index in [1.165, 1.54) is 25.3 Å². The summed E-state index contributed by atoms with van der Waals surface area (Å²) in [6.07, 6.45) is 1.40. The molecular weight excluding hydrogens is 418 g/mol. The first-order valence-corrected chi connectivity index (χ1v) is 11.5. The Kier molecular flexibility index (Phi) is 6.83. The number of nitrogens with zero attached hydrogens (tertiary/aromatic N) is 2. The number of piperidine rings is 1. The van der Waals surface area contributed by atoms with Crippen molar-refractivity contribution in [3.63, 3.8) is 0 Å². The molecule has 1 saturated heterocycles. The van der Waals surface area contributed by atoms with E-state index in [1.807, 2.05) is 17.9 Å². The third-order valence-corrected chi connectivity index (χ3v) is 6.71. The molecule has 0 unspecified atom stereocenters. The lowest BCUT2D eigenvalue weighted by Gasteiger charge is -2.33. The lowest BCUT2D eigenvalue weighted by Crippen LogP contribution is -2.38. The van der Waals surface area contributed by atoms with Crippen LogP contribution in [0.25, 0.3) is 0 Å². The molecule has 0 aliphatic carbocycles. The number of aryl methyl sites for hydroxylation is 1. The quantitative estimate of drug-likeness (QED) is 0.659. The number of carbonyl (C=O) groups is 1. The Labute approximate surface area is 182 Å². The van der Waals surface area contributed by atoms with Gasteiger partial charge in [-0.15, -0.1) is 0 Å². The van der Waals surface area contributed by atoms with Crippen molar-refractivity contribution >= 4 is 27.4 Å². The summed E-state index contributed by atoms with van der Waals surface area (Å²) in [6, 6.07) is 11.2. The second-order valence-electron chi connectivity index (χ2n) is 7.36. The van der Waals surface area contributed by atoms with Crippen LogP contribution in [-0.2, 0) is 21.2 Å². The number of esters is 1. The van der Waals surface area contributed by atoms with Gasteiger partial charge in [0, 0.05) is 13.1 Å². The van der Waals surface area contributed by atoms with Crippen LogP contribution in [0.3, 0.4) is 0 Å². The van der Waals surface area contributed by atoms with E-state index >= 15 is 0 Å². The van der Waals surface area contributed by atoms with Crippen LogP contribution in [0.4, 0.5) is 11.4 Å². The molecule has 31 heavy (non-hydrogen) atoms. The summed E-state index contributed by atoms with van der Waals surface area (Å²) in [6.45, 7) is 2.86. The zero-order valence-corrected chi connectivity index (χ0v) is 18.3. The number of nitriles is 1. The minimum Gasteiger partial charge on any atom is -0.465 e. The average Bonchev–Trinajstić information content (AvgIpc) is 2.77. The fraction of sp³-hybridized carbons (Fsp3) is 0.364. The number of methoxy groups -OCH3 is 1. The number of sulfonamides is 1. The molecule has 1 heterocycles. The molecule has 1 fully saturated rings. The van der Waals surface area contributed by atoms with Gasteiger partial charge in [-0.05, 0) is 55.2 Å². The number of hydrogen-bond acceptors (Lipinski definition) is 7. The lowest BCUT2D eigenvalue weighted by atomic mass is 10.1. The molecule has 0 aromatic heterocycles. The zero-order chi connectivity index (χ0) is 22.6. The summed E-state index contributed by atoms with van der Waals surface area (Å²) in [4.78, 5) is 13.8. The highest BCUT2D eigenvalue weighted by atomic mass is 32.2. The maximum absolute atomic E-state index is 13.3. The van der Waals surface area contributed by atoms with Crippen molar-refractivity contribution in [2.75, 3.05) is 29.8 Å². The molecule has 2 aromatic rings. The highest BCUT2D eigenvalue weighted by Gasteiger charge is 2.25. The molecule has 0 radical (unpaired) electrons.